The summed E-state index contributed by atoms with van der Waals surface area (Å²) in [6.45, 7) is -0.123. The number of hydrogen-bond donors (Lipinski definition) is 2. The number of esters is 1. The number of carbonyl (C=O) groups excluding carboxylic acids is 1. The van der Waals surface area contributed by atoms with Crippen LogP contribution in [0.4, 0.5) is 4.39 Å². The Hall–Kier alpha value is -2.42. The third-order valence-electron chi connectivity index (χ3n) is 4.28. The van der Waals surface area contributed by atoms with Gasteiger partial charge in [0, 0.05) is 31.2 Å². The fraction of sp³-hybridized carbons (Fsp3) is 0.250. The van der Waals surface area contributed by atoms with Crippen LogP contribution >= 0.6 is 24.2 Å². The van der Waals surface area contributed by atoms with Crippen LogP contribution in [0.1, 0.15) is 27.0 Å². The van der Waals surface area contributed by atoms with Gasteiger partial charge in [-0.25, -0.2) is 14.2 Å². The molecule has 3 rings (SSSR count). The number of fused-ring (bicyclic) bond motifs is 1. The number of ether oxygens (including phenoxy) is 1. The average molecular weight is 437 g/mol. The topological polar surface area (TPSA) is 80.9 Å². The maximum absolute atomic E-state index is 14.2. The van der Waals surface area contributed by atoms with E-state index in [9.17, 15) is 19.1 Å². The molecule has 0 atom stereocenters. The minimum absolute atomic E-state index is 0.00729. The van der Waals surface area contributed by atoms with Crippen LogP contribution in [0.15, 0.2) is 41.5 Å². The first-order valence-electron chi connectivity index (χ1n) is 8.81. The lowest BCUT2D eigenvalue weighted by Gasteiger charge is -2.11. The lowest BCUT2D eigenvalue weighted by molar-refractivity contribution is 0.0528. The van der Waals surface area contributed by atoms with E-state index in [1.165, 1.54) is 28.9 Å². The quantitative estimate of drug-likeness (QED) is 0.439. The van der Waals surface area contributed by atoms with Gasteiger partial charge in [-0.3, -0.25) is 9.20 Å². The van der Waals surface area contributed by atoms with Gasteiger partial charge in [-0.05, 0) is 35.2 Å². The molecule has 2 aromatic heterocycles. The number of pyridine rings is 1. The molecule has 3 aromatic rings. The van der Waals surface area contributed by atoms with E-state index in [0.29, 0.717) is 28.1 Å². The van der Waals surface area contributed by atoms with Crippen LogP contribution in [0.25, 0.3) is 5.65 Å². The zero-order valence-corrected chi connectivity index (χ0v) is 16.9. The molecular weight excluding hydrogens is 419 g/mol. The minimum atomic E-state index is -0.774. The Kier molecular flexibility index (Phi) is 6.89. The Balaban J connectivity index is 2.10. The third-order valence-corrected chi connectivity index (χ3v) is 4.76. The number of carbonyl (C=O) groups is 1. The van der Waals surface area contributed by atoms with Crippen molar-refractivity contribution >= 4 is 35.8 Å². The summed E-state index contributed by atoms with van der Waals surface area (Å²) in [5.41, 5.74) is 0.964. The SMILES string of the molecule is O=C(OCCS)c1cc(CCO)c2ncc(Cc3cccc(Cl)c3F)cn2c1=O. The predicted molar refractivity (Wildman–Crippen MR) is 111 cm³/mol. The lowest BCUT2D eigenvalue weighted by atomic mass is 10.1. The molecule has 0 unspecified atom stereocenters. The van der Waals surface area contributed by atoms with Crippen molar-refractivity contribution in [2.45, 2.75) is 12.8 Å². The van der Waals surface area contributed by atoms with Crippen LogP contribution in [-0.4, -0.2) is 39.4 Å². The third kappa shape index (κ3) is 4.60. The van der Waals surface area contributed by atoms with Gasteiger partial charge in [-0.2, -0.15) is 12.6 Å². The maximum atomic E-state index is 14.2. The molecule has 1 aromatic carbocycles. The van der Waals surface area contributed by atoms with E-state index in [4.69, 9.17) is 16.3 Å². The second-order valence-electron chi connectivity index (χ2n) is 6.27. The molecule has 2 heterocycles. The summed E-state index contributed by atoms with van der Waals surface area (Å²) in [5.74, 6) is -0.989. The highest BCUT2D eigenvalue weighted by Crippen LogP contribution is 2.21. The molecule has 0 aliphatic rings. The van der Waals surface area contributed by atoms with Crippen molar-refractivity contribution in [1.29, 1.82) is 0 Å². The monoisotopic (exact) mass is 436 g/mol. The average Bonchev–Trinajstić information content (AvgIpc) is 2.72. The Labute approximate surface area is 176 Å². The molecule has 152 valence electrons. The first kappa shape index (κ1) is 21.3. The van der Waals surface area contributed by atoms with Crippen LogP contribution in [0.5, 0.6) is 0 Å². The number of nitrogens with zero attached hydrogens (tertiary/aromatic N) is 2. The number of aliphatic hydroxyl groups is 1. The maximum Gasteiger partial charge on any atom is 0.343 e. The van der Waals surface area contributed by atoms with Gasteiger partial charge in [0.1, 0.15) is 23.6 Å². The Bertz CT molecular complexity index is 1120. The number of aliphatic hydroxyl groups excluding tert-OH is 1. The van der Waals surface area contributed by atoms with Crippen LogP contribution < -0.4 is 5.56 Å². The second-order valence-corrected chi connectivity index (χ2v) is 7.12. The highest BCUT2D eigenvalue weighted by Gasteiger charge is 2.18. The van der Waals surface area contributed by atoms with Crippen molar-refractivity contribution in [1.82, 2.24) is 9.38 Å². The van der Waals surface area contributed by atoms with E-state index >= 15 is 0 Å². The fourth-order valence-corrected chi connectivity index (χ4v) is 3.24. The molecule has 0 saturated heterocycles. The highest BCUT2D eigenvalue weighted by molar-refractivity contribution is 7.80. The van der Waals surface area contributed by atoms with Crippen LogP contribution in [0.2, 0.25) is 5.02 Å². The number of thiol groups is 1. The summed E-state index contributed by atoms with van der Waals surface area (Å²) in [5, 5.41) is 9.34. The summed E-state index contributed by atoms with van der Waals surface area (Å²) in [6, 6.07) is 6.07. The summed E-state index contributed by atoms with van der Waals surface area (Å²) < 4.78 is 20.5. The highest BCUT2D eigenvalue weighted by atomic mass is 35.5. The number of hydrogen-bond acceptors (Lipinski definition) is 6. The van der Waals surface area contributed by atoms with E-state index in [1.54, 1.807) is 12.1 Å². The molecule has 0 radical (unpaired) electrons. The summed E-state index contributed by atoms with van der Waals surface area (Å²) in [6.07, 6.45) is 3.38. The molecule has 6 nitrogen and oxygen atoms in total. The number of rotatable bonds is 7. The standard InChI is InChI=1S/C20H18ClFN2O4S/c21-16-3-1-2-13(17(16)22)8-12-10-23-18-14(4-5-25)9-15(19(26)24(18)11-12)20(27)28-6-7-29/h1-3,9-11,25,29H,4-8H2. The Morgan fingerprint density at radius 3 is 2.86 bits per heavy atom. The molecule has 1 N–H and O–H groups in total. The van der Waals surface area contributed by atoms with E-state index in [1.807, 2.05) is 0 Å². The molecule has 0 saturated carbocycles. The smallest absolute Gasteiger partial charge is 0.343 e. The Morgan fingerprint density at radius 2 is 2.14 bits per heavy atom. The van der Waals surface area contributed by atoms with Crippen LogP contribution in [0, 0.1) is 5.82 Å². The van der Waals surface area contributed by atoms with E-state index < -0.39 is 17.3 Å². The fourth-order valence-electron chi connectivity index (χ4n) is 2.95. The van der Waals surface area contributed by atoms with Crippen molar-refractivity contribution in [3.63, 3.8) is 0 Å². The first-order valence-corrected chi connectivity index (χ1v) is 9.82. The van der Waals surface area contributed by atoms with Gasteiger partial charge in [0.05, 0.1) is 5.02 Å². The Morgan fingerprint density at radius 1 is 1.34 bits per heavy atom. The molecule has 0 fully saturated rings. The van der Waals surface area contributed by atoms with Crippen LogP contribution in [0.3, 0.4) is 0 Å². The molecule has 0 bridgehead atoms. The van der Waals surface area contributed by atoms with Crippen molar-refractivity contribution < 1.29 is 19.0 Å². The lowest BCUT2D eigenvalue weighted by Crippen LogP contribution is -2.26. The van der Waals surface area contributed by atoms with Crippen molar-refractivity contribution in [2.75, 3.05) is 19.0 Å². The molecule has 0 aliphatic carbocycles. The molecule has 0 spiro atoms. The van der Waals surface area contributed by atoms with Gasteiger partial charge in [0.2, 0.25) is 0 Å². The van der Waals surface area contributed by atoms with Gasteiger partial charge < -0.3 is 9.84 Å². The summed E-state index contributed by atoms with van der Waals surface area (Å²) >= 11 is 9.81. The summed E-state index contributed by atoms with van der Waals surface area (Å²) in [4.78, 5) is 29.4. The number of benzene rings is 1. The molecule has 9 heteroatoms. The van der Waals surface area contributed by atoms with E-state index in [0.717, 1.165) is 0 Å². The van der Waals surface area contributed by atoms with Crippen molar-refractivity contribution in [3.8, 4) is 0 Å². The predicted octanol–water partition coefficient (Wildman–Crippen LogP) is 2.70. The van der Waals surface area contributed by atoms with Crippen LogP contribution in [-0.2, 0) is 17.6 Å². The van der Waals surface area contributed by atoms with E-state index in [2.05, 4.69) is 17.6 Å². The minimum Gasteiger partial charge on any atom is -0.461 e. The van der Waals surface area contributed by atoms with Gasteiger partial charge >= 0.3 is 5.97 Å². The first-order chi connectivity index (χ1) is 14.0. The van der Waals surface area contributed by atoms with Gasteiger partial charge in [0.25, 0.3) is 5.56 Å². The van der Waals surface area contributed by atoms with Crippen molar-refractivity contribution in [2.24, 2.45) is 0 Å². The largest absolute Gasteiger partial charge is 0.461 e. The number of halogens is 2. The van der Waals surface area contributed by atoms with Gasteiger partial charge in [-0.1, -0.05) is 23.7 Å². The second kappa shape index (κ2) is 9.39. The van der Waals surface area contributed by atoms with E-state index in [-0.39, 0.29) is 36.6 Å². The zero-order chi connectivity index (χ0) is 21.0. The normalized spacial score (nSPS) is 11.0. The zero-order valence-electron chi connectivity index (χ0n) is 15.3. The molecular formula is C20H18ClFN2O4S. The molecule has 29 heavy (non-hydrogen) atoms. The molecule has 0 amide bonds. The van der Waals surface area contributed by atoms with Gasteiger partial charge in [-0.15, -0.1) is 0 Å². The van der Waals surface area contributed by atoms with Gasteiger partial charge in [0.15, 0.2) is 0 Å². The summed E-state index contributed by atoms with van der Waals surface area (Å²) in [7, 11) is 0. The molecule has 0 aliphatic heterocycles. The van der Waals surface area contributed by atoms with Crippen molar-refractivity contribution in [3.05, 3.63) is 80.1 Å². The number of aromatic nitrogens is 2.